The number of aromatic nitrogens is 3. The normalized spacial score (nSPS) is 14.2. The first-order valence-corrected chi connectivity index (χ1v) is 9.38. The van der Waals surface area contributed by atoms with E-state index in [1.807, 2.05) is 30.3 Å². The van der Waals surface area contributed by atoms with Gasteiger partial charge in [-0.3, -0.25) is 18.7 Å². The first-order valence-electron chi connectivity index (χ1n) is 8.54. The molecular formula is C18H18N4O3S. The third-order valence-corrected chi connectivity index (χ3v) is 5.30. The van der Waals surface area contributed by atoms with E-state index in [0.717, 1.165) is 47.6 Å². The molecule has 1 aliphatic rings. The highest BCUT2D eigenvalue weighted by Gasteiger charge is 2.22. The summed E-state index contributed by atoms with van der Waals surface area (Å²) in [4.78, 5) is 40.0. The number of likely N-dealkylation sites (tertiary alicyclic amines) is 1. The lowest BCUT2D eigenvalue weighted by atomic mass is 10.2. The van der Waals surface area contributed by atoms with E-state index in [2.05, 4.69) is 4.37 Å². The summed E-state index contributed by atoms with van der Waals surface area (Å²) in [5.41, 5.74) is 0.624. The molecule has 26 heavy (non-hydrogen) atoms. The molecule has 134 valence electrons. The third-order valence-electron chi connectivity index (χ3n) is 4.69. The van der Waals surface area contributed by atoms with E-state index in [4.69, 9.17) is 0 Å². The average Bonchev–Trinajstić information content (AvgIpc) is 3.35. The Kier molecular flexibility index (Phi) is 4.42. The van der Waals surface area contributed by atoms with Crippen molar-refractivity contribution in [2.75, 3.05) is 13.1 Å². The van der Waals surface area contributed by atoms with E-state index in [-0.39, 0.29) is 24.5 Å². The van der Waals surface area contributed by atoms with E-state index >= 15 is 0 Å². The fraction of sp³-hybridized carbons (Fsp3) is 0.333. The van der Waals surface area contributed by atoms with Crippen molar-refractivity contribution in [3.05, 3.63) is 62.1 Å². The highest BCUT2D eigenvalue weighted by Crippen LogP contribution is 2.12. The molecule has 1 saturated heterocycles. The smallest absolute Gasteiger partial charge is 0.332 e. The lowest BCUT2D eigenvalue weighted by molar-refractivity contribution is -0.130. The molecule has 4 rings (SSSR count). The van der Waals surface area contributed by atoms with Gasteiger partial charge in [-0.25, -0.2) is 4.79 Å². The zero-order valence-electron chi connectivity index (χ0n) is 14.1. The van der Waals surface area contributed by atoms with Crippen LogP contribution in [-0.4, -0.2) is 37.4 Å². The molecule has 8 heteroatoms. The molecule has 0 unspecified atom stereocenters. The number of carbonyl (C=O) groups is 1. The Labute approximate surface area is 153 Å². The molecule has 0 saturated carbocycles. The molecule has 0 spiro atoms. The summed E-state index contributed by atoms with van der Waals surface area (Å²) in [6.45, 7) is 1.54. The van der Waals surface area contributed by atoms with Gasteiger partial charge in [-0.1, -0.05) is 30.3 Å². The van der Waals surface area contributed by atoms with Crippen LogP contribution in [0.1, 0.15) is 18.4 Å². The van der Waals surface area contributed by atoms with Crippen LogP contribution < -0.4 is 11.2 Å². The number of fused-ring (bicyclic) bond motifs is 1. The first kappa shape index (κ1) is 16.7. The van der Waals surface area contributed by atoms with Gasteiger partial charge in [0.1, 0.15) is 6.54 Å². The SMILES string of the molecule is O=C(Cn1c(=O)n(Cc2ccccc2)c(=O)c2nscc21)N1CCCC1. The van der Waals surface area contributed by atoms with E-state index in [9.17, 15) is 14.4 Å². The van der Waals surface area contributed by atoms with Crippen LogP contribution >= 0.6 is 11.5 Å². The minimum absolute atomic E-state index is 0.0667. The summed E-state index contributed by atoms with van der Waals surface area (Å²) < 4.78 is 6.69. The van der Waals surface area contributed by atoms with Crippen molar-refractivity contribution in [3.63, 3.8) is 0 Å². The number of rotatable bonds is 4. The summed E-state index contributed by atoms with van der Waals surface area (Å²) in [5.74, 6) is -0.0954. The average molecular weight is 370 g/mol. The monoisotopic (exact) mass is 370 g/mol. The molecule has 0 atom stereocenters. The van der Waals surface area contributed by atoms with Crippen molar-refractivity contribution in [3.8, 4) is 0 Å². The Balaban J connectivity index is 1.79. The molecule has 0 radical (unpaired) electrons. The van der Waals surface area contributed by atoms with Crippen LogP contribution in [0.15, 0.2) is 45.3 Å². The number of nitrogens with zero attached hydrogens (tertiary/aromatic N) is 4. The van der Waals surface area contributed by atoms with Crippen molar-refractivity contribution in [1.29, 1.82) is 0 Å². The minimum Gasteiger partial charge on any atom is -0.341 e. The second kappa shape index (κ2) is 6.87. The summed E-state index contributed by atoms with van der Waals surface area (Å²) in [6, 6.07) is 9.31. The number of amides is 1. The number of hydrogen-bond acceptors (Lipinski definition) is 5. The van der Waals surface area contributed by atoms with Crippen molar-refractivity contribution >= 4 is 28.5 Å². The molecular weight excluding hydrogens is 352 g/mol. The molecule has 2 aromatic heterocycles. The van der Waals surface area contributed by atoms with Gasteiger partial charge in [0.2, 0.25) is 5.91 Å². The van der Waals surface area contributed by atoms with Crippen LogP contribution in [0, 0.1) is 0 Å². The molecule has 3 heterocycles. The van der Waals surface area contributed by atoms with Crippen molar-refractivity contribution in [1.82, 2.24) is 18.4 Å². The summed E-state index contributed by atoms with van der Waals surface area (Å²) in [5, 5.41) is 1.66. The van der Waals surface area contributed by atoms with Crippen LogP contribution in [0.5, 0.6) is 0 Å². The largest absolute Gasteiger partial charge is 0.341 e. The predicted octanol–water partition coefficient (Wildman–Crippen LogP) is 1.29. The van der Waals surface area contributed by atoms with Crippen LogP contribution in [0.4, 0.5) is 0 Å². The molecule has 3 aromatic rings. The fourth-order valence-electron chi connectivity index (χ4n) is 3.30. The molecule has 1 fully saturated rings. The fourth-order valence-corrected chi connectivity index (χ4v) is 3.96. The number of hydrogen-bond donors (Lipinski definition) is 0. The number of benzene rings is 1. The summed E-state index contributed by atoms with van der Waals surface area (Å²) in [6.07, 6.45) is 1.98. The molecule has 0 bridgehead atoms. The first-order chi connectivity index (χ1) is 12.6. The lowest BCUT2D eigenvalue weighted by Crippen LogP contribution is -2.43. The standard InChI is InChI=1S/C18H18N4O3S/c23-15(20-8-4-5-9-20)11-21-14-12-26-19-16(14)17(24)22(18(21)25)10-13-6-2-1-3-7-13/h1-3,6-7,12H,4-5,8-11H2. The molecule has 7 nitrogen and oxygen atoms in total. The predicted molar refractivity (Wildman–Crippen MR) is 99.5 cm³/mol. The van der Waals surface area contributed by atoms with Crippen LogP contribution in [0.2, 0.25) is 0 Å². The van der Waals surface area contributed by atoms with Gasteiger partial charge in [-0.2, -0.15) is 4.37 Å². The Hall–Kier alpha value is -2.74. The zero-order chi connectivity index (χ0) is 18.1. The maximum absolute atomic E-state index is 13.0. The molecule has 0 aliphatic carbocycles. The molecule has 1 aliphatic heterocycles. The molecule has 1 amide bonds. The minimum atomic E-state index is -0.473. The highest BCUT2D eigenvalue weighted by atomic mass is 32.1. The van der Waals surface area contributed by atoms with Gasteiger partial charge in [0.25, 0.3) is 5.56 Å². The van der Waals surface area contributed by atoms with Gasteiger partial charge in [-0.15, -0.1) is 0 Å². The second-order valence-electron chi connectivity index (χ2n) is 6.38. The summed E-state index contributed by atoms with van der Waals surface area (Å²) >= 11 is 1.12. The summed E-state index contributed by atoms with van der Waals surface area (Å²) in [7, 11) is 0. The van der Waals surface area contributed by atoms with Gasteiger partial charge in [0.05, 0.1) is 12.1 Å². The van der Waals surface area contributed by atoms with Crippen molar-refractivity contribution in [2.24, 2.45) is 0 Å². The Morgan fingerprint density at radius 3 is 2.54 bits per heavy atom. The van der Waals surface area contributed by atoms with Crippen LogP contribution in [0.25, 0.3) is 11.0 Å². The van der Waals surface area contributed by atoms with E-state index in [1.165, 1.54) is 4.57 Å². The van der Waals surface area contributed by atoms with Crippen LogP contribution in [-0.2, 0) is 17.9 Å². The van der Waals surface area contributed by atoms with Gasteiger partial charge in [0, 0.05) is 18.5 Å². The highest BCUT2D eigenvalue weighted by molar-refractivity contribution is 7.04. The Morgan fingerprint density at radius 1 is 1.08 bits per heavy atom. The number of carbonyl (C=O) groups excluding carboxylic acids is 1. The van der Waals surface area contributed by atoms with Crippen molar-refractivity contribution < 1.29 is 4.79 Å². The van der Waals surface area contributed by atoms with E-state index in [0.29, 0.717) is 5.52 Å². The zero-order valence-corrected chi connectivity index (χ0v) is 14.9. The van der Waals surface area contributed by atoms with Crippen molar-refractivity contribution in [2.45, 2.75) is 25.9 Å². The van der Waals surface area contributed by atoms with Gasteiger partial charge in [0.15, 0.2) is 5.52 Å². The Bertz CT molecular complexity index is 1060. The van der Waals surface area contributed by atoms with Gasteiger partial charge < -0.3 is 4.90 Å². The van der Waals surface area contributed by atoms with E-state index in [1.54, 1.807) is 10.3 Å². The molecule has 1 aromatic carbocycles. The molecule has 0 N–H and O–H groups in total. The maximum Gasteiger partial charge on any atom is 0.332 e. The van der Waals surface area contributed by atoms with Gasteiger partial charge in [-0.05, 0) is 29.9 Å². The quantitative estimate of drug-likeness (QED) is 0.693. The van der Waals surface area contributed by atoms with Gasteiger partial charge >= 0.3 is 5.69 Å². The lowest BCUT2D eigenvalue weighted by Gasteiger charge is -2.17. The van der Waals surface area contributed by atoms with E-state index < -0.39 is 11.2 Å². The van der Waals surface area contributed by atoms with Crippen LogP contribution in [0.3, 0.4) is 0 Å². The maximum atomic E-state index is 13.0. The topological polar surface area (TPSA) is 77.2 Å². The second-order valence-corrected chi connectivity index (χ2v) is 7.01. The third kappa shape index (κ3) is 2.96. The Morgan fingerprint density at radius 2 is 1.81 bits per heavy atom.